The highest BCUT2D eigenvalue weighted by Gasteiger charge is 2.19. The van der Waals surface area contributed by atoms with Gasteiger partial charge in [0.15, 0.2) is 5.82 Å². The number of hydrogen-bond acceptors (Lipinski definition) is 6. The number of thiazole rings is 1. The first kappa shape index (κ1) is 12.9. The average Bonchev–Trinajstić information content (AvgIpc) is 3.20. The minimum Gasteiger partial charge on any atom is -0.398 e. The molecule has 0 saturated carbocycles. The molecule has 2 aliphatic rings. The third-order valence-electron chi connectivity index (χ3n) is 3.43. The van der Waals surface area contributed by atoms with Crippen LogP contribution >= 0.6 is 11.3 Å². The van der Waals surface area contributed by atoms with Gasteiger partial charge in [-0.05, 0) is 6.07 Å². The van der Waals surface area contributed by atoms with E-state index in [9.17, 15) is 0 Å². The number of rotatable bonds is 3. The SMILES string of the molecule is Nc1ccccc1-c1ncn(Cc2cscn2)c2ncnc1-2. The fraction of sp³-hybridized carbons (Fsp3) is 0.0667. The van der Waals surface area contributed by atoms with Gasteiger partial charge in [0.05, 0.1) is 24.1 Å². The lowest BCUT2D eigenvalue weighted by molar-refractivity contribution is 0.747. The number of hydrogen-bond donors (Lipinski definition) is 1. The van der Waals surface area contributed by atoms with E-state index in [1.165, 1.54) is 0 Å². The number of imidazole rings is 1. The first-order valence-corrected chi connectivity index (χ1v) is 7.65. The summed E-state index contributed by atoms with van der Waals surface area (Å²) in [5, 5.41) is 2.01. The molecule has 0 fully saturated rings. The van der Waals surface area contributed by atoms with Crippen LogP contribution in [0.3, 0.4) is 0 Å². The molecule has 2 N–H and O–H groups in total. The first-order valence-electron chi connectivity index (χ1n) is 6.70. The summed E-state index contributed by atoms with van der Waals surface area (Å²) in [5.41, 5.74) is 11.9. The van der Waals surface area contributed by atoms with Gasteiger partial charge in [-0.1, -0.05) is 18.2 Å². The fourth-order valence-electron chi connectivity index (χ4n) is 2.40. The van der Waals surface area contributed by atoms with Gasteiger partial charge in [0.2, 0.25) is 0 Å². The number of aromatic nitrogens is 5. The predicted octanol–water partition coefficient (Wildman–Crippen LogP) is 2.53. The van der Waals surface area contributed by atoms with Gasteiger partial charge in [-0.15, -0.1) is 11.3 Å². The van der Waals surface area contributed by atoms with Crippen LogP contribution in [0.4, 0.5) is 5.69 Å². The molecule has 0 amide bonds. The molecular weight excluding hydrogens is 296 g/mol. The Kier molecular flexibility index (Phi) is 3.05. The van der Waals surface area contributed by atoms with Crippen molar-refractivity contribution in [2.75, 3.05) is 5.73 Å². The van der Waals surface area contributed by atoms with Crippen LogP contribution in [-0.2, 0) is 6.54 Å². The Bertz CT molecular complexity index is 883. The molecule has 3 heterocycles. The maximum Gasteiger partial charge on any atom is 0.164 e. The lowest BCUT2D eigenvalue weighted by Crippen LogP contribution is -2.08. The van der Waals surface area contributed by atoms with Crippen molar-refractivity contribution in [1.29, 1.82) is 0 Å². The van der Waals surface area contributed by atoms with Gasteiger partial charge in [-0.3, -0.25) is 0 Å². The molecule has 4 rings (SSSR count). The third-order valence-corrected chi connectivity index (χ3v) is 4.07. The van der Waals surface area contributed by atoms with Crippen molar-refractivity contribution in [3.8, 4) is 22.8 Å². The van der Waals surface area contributed by atoms with Gasteiger partial charge in [0.1, 0.15) is 17.7 Å². The Morgan fingerprint density at radius 1 is 1.05 bits per heavy atom. The largest absolute Gasteiger partial charge is 0.398 e. The summed E-state index contributed by atoms with van der Waals surface area (Å²) < 4.78 is 1.94. The maximum atomic E-state index is 6.06. The van der Waals surface area contributed by atoms with Crippen molar-refractivity contribution in [3.63, 3.8) is 0 Å². The van der Waals surface area contributed by atoms with Crippen LogP contribution < -0.4 is 5.73 Å². The van der Waals surface area contributed by atoms with Crippen LogP contribution in [0.2, 0.25) is 0 Å². The number of nitrogens with two attached hydrogens (primary N) is 1. The van der Waals surface area contributed by atoms with Crippen LogP contribution in [0.5, 0.6) is 0 Å². The van der Waals surface area contributed by atoms with E-state index in [0.717, 1.165) is 28.5 Å². The molecule has 22 heavy (non-hydrogen) atoms. The van der Waals surface area contributed by atoms with Gasteiger partial charge < -0.3 is 10.3 Å². The molecule has 2 aliphatic heterocycles. The van der Waals surface area contributed by atoms with Crippen LogP contribution in [0.1, 0.15) is 5.69 Å². The highest BCUT2D eigenvalue weighted by Crippen LogP contribution is 2.32. The van der Waals surface area contributed by atoms with E-state index in [0.29, 0.717) is 12.2 Å². The zero-order valence-corrected chi connectivity index (χ0v) is 12.4. The Morgan fingerprint density at radius 2 is 1.95 bits per heavy atom. The van der Waals surface area contributed by atoms with Gasteiger partial charge in [-0.2, -0.15) is 0 Å². The van der Waals surface area contributed by atoms with Crippen LogP contribution in [0.25, 0.3) is 22.8 Å². The van der Waals surface area contributed by atoms with Crippen LogP contribution in [0, 0.1) is 0 Å². The topological polar surface area (TPSA) is 82.5 Å². The number of fused-ring (bicyclic) bond motifs is 1. The second-order valence-electron chi connectivity index (χ2n) is 4.83. The van der Waals surface area contributed by atoms with E-state index < -0.39 is 0 Å². The summed E-state index contributed by atoms with van der Waals surface area (Å²) in [6.45, 7) is 0.621. The summed E-state index contributed by atoms with van der Waals surface area (Å²) in [5.74, 6) is 0.779. The van der Waals surface area contributed by atoms with E-state index in [1.807, 2.05) is 39.7 Å². The van der Waals surface area contributed by atoms with Crippen molar-refractivity contribution in [2.24, 2.45) is 0 Å². The molecule has 0 radical (unpaired) electrons. The van der Waals surface area contributed by atoms with Crippen molar-refractivity contribution >= 4 is 17.0 Å². The second kappa shape index (κ2) is 5.19. The molecule has 0 spiro atoms. The highest BCUT2D eigenvalue weighted by molar-refractivity contribution is 7.07. The first-order chi connectivity index (χ1) is 10.8. The monoisotopic (exact) mass is 308 g/mol. The van der Waals surface area contributed by atoms with Gasteiger partial charge in [0.25, 0.3) is 0 Å². The summed E-state index contributed by atoms with van der Waals surface area (Å²) in [6.07, 6.45) is 3.31. The molecular formula is C15H12N6S. The zero-order chi connectivity index (χ0) is 14.9. The molecule has 108 valence electrons. The molecule has 7 heteroatoms. The standard InChI is InChI=1S/C15H12N6S/c16-12-4-2-1-3-11(12)13-14-15(18-7-17-14)21(8-19-13)5-10-6-22-9-20-10/h1-4,6-9H,5,16H2. The predicted molar refractivity (Wildman–Crippen MR) is 85.5 cm³/mol. The zero-order valence-electron chi connectivity index (χ0n) is 11.5. The van der Waals surface area contributed by atoms with Crippen molar-refractivity contribution in [1.82, 2.24) is 24.5 Å². The van der Waals surface area contributed by atoms with Gasteiger partial charge >= 0.3 is 0 Å². The molecule has 2 aromatic rings. The molecule has 0 atom stereocenters. The molecule has 0 aliphatic carbocycles. The van der Waals surface area contributed by atoms with E-state index >= 15 is 0 Å². The second-order valence-corrected chi connectivity index (χ2v) is 5.55. The van der Waals surface area contributed by atoms with Crippen LogP contribution in [-0.4, -0.2) is 24.5 Å². The van der Waals surface area contributed by atoms with E-state index in [4.69, 9.17) is 5.73 Å². The van der Waals surface area contributed by atoms with E-state index in [1.54, 1.807) is 24.0 Å². The summed E-state index contributed by atoms with van der Waals surface area (Å²) in [4.78, 5) is 17.6. The Morgan fingerprint density at radius 3 is 2.77 bits per heavy atom. The smallest absolute Gasteiger partial charge is 0.164 e. The lowest BCUT2D eigenvalue weighted by Gasteiger charge is -2.13. The summed E-state index contributed by atoms with van der Waals surface area (Å²) >= 11 is 1.57. The van der Waals surface area contributed by atoms with E-state index in [2.05, 4.69) is 19.9 Å². The quantitative estimate of drug-likeness (QED) is 0.588. The average molecular weight is 308 g/mol. The van der Waals surface area contributed by atoms with Crippen molar-refractivity contribution < 1.29 is 0 Å². The third kappa shape index (κ3) is 2.11. The number of para-hydroxylation sites is 1. The summed E-state index contributed by atoms with van der Waals surface area (Å²) in [7, 11) is 0. The molecule has 6 nitrogen and oxygen atoms in total. The Balaban J connectivity index is 1.83. The van der Waals surface area contributed by atoms with Crippen molar-refractivity contribution in [3.05, 3.63) is 53.5 Å². The number of anilines is 1. The summed E-state index contributed by atoms with van der Waals surface area (Å²) in [6, 6.07) is 7.63. The van der Waals surface area contributed by atoms with Crippen LogP contribution in [0.15, 0.2) is 47.8 Å². The number of benzene rings is 1. The maximum absolute atomic E-state index is 6.06. The lowest BCUT2D eigenvalue weighted by atomic mass is 10.1. The number of nitrogen functional groups attached to an aromatic ring is 1. The van der Waals surface area contributed by atoms with Gasteiger partial charge in [0, 0.05) is 16.6 Å². The molecule has 1 aromatic carbocycles. The number of nitrogens with zero attached hydrogens (tertiary/aromatic N) is 5. The highest BCUT2D eigenvalue weighted by atomic mass is 32.1. The minimum absolute atomic E-state index is 0.621. The van der Waals surface area contributed by atoms with Gasteiger partial charge in [-0.25, -0.2) is 19.9 Å². The molecule has 1 aromatic heterocycles. The molecule has 0 saturated heterocycles. The normalized spacial score (nSPS) is 11.1. The Hall–Kier alpha value is -2.80. The van der Waals surface area contributed by atoms with E-state index in [-0.39, 0.29) is 0 Å². The van der Waals surface area contributed by atoms with Crippen molar-refractivity contribution in [2.45, 2.75) is 6.54 Å². The molecule has 0 unspecified atom stereocenters. The molecule has 0 bridgehead atoms. The minimum atomic E-state index is 0.621. The Labute approximate surface area is 130 Å². The fourth-order valence-corrected chi connectivity index (χ4v) is 2.95.